The van der Waals surface area contributed by atoms with Gasteiger partial charge in [-0.25, -0.2) is 4.79 Å². The normalized spacial score (nSPS) is 50.0. The number of carbonyl (C=O) groups is 1. The molecule has 36 heavy (non-hydrogen) atoms. The molecule has 210 valence electrons. The molecule has 0 radical (unpaired) electrons. The molecular formula is C19H37N5O12. The molecule has 17 heteroatoms. The van der Waals surface area contributed by atoms with Crippen molar-refractivity contribution >= 4 is 6.09 Å². The molecule has 3 aliphatic rings. The molecule has 3 rings (SSSR count). The fraction of sp³-hybridized carbons (Fsp3) is 0.947. The lowest BCUT2D eigenvalue weighted by molar-refractivity contribution is -0.332. The van der Waals surface area contributed by atoms with E-state index < -0.39 is 104 Å². The third-order valence-corrected chi connectivity index (χ3v) is 6.69. The van der Waals surface area contributed by atoms with E-state index in [2.05, 4.69) is 4.74 Å². The molecule has 17 nitrogen and oxygen atoms in total. The lowest BCUT2D eigenvalue weighted by atomic mass is 9.84. The number of aliphatic hydroxyl groups excluding tert-OH is 6. The van der Waals surface area contributed by atoms with Crippen LogP contribution in [0.1, 0.15) is 6.42 Å². The average molecular weight is 528 g/mol. The van der Waals surface area contributed by atoms with Crippen LogP contribution in [0.2, 0.25) is 0 Å². The number of primary amides is 1. The van der Waals surface area contributed by atoms with Crippen molar-refractivity contribution in [1.82, 2.24) is 0 Å². The predicted octanol–water partition coefficient (Wildman–Crippen LogP) is -7.19. The Balaban J connectivity index is 1.72. The summed E-state index contributed by atoms with van der Waals surface area (Å²) in [5, 5.41) is 62.1. The summed E-state index contributed by atoms with van der Waals surface area (Å²) >= 11 is 0. The maximum absolute atomic E-state index is 11.0. The van der Waals surface area contributed by atoms with E-state index in [9.17, 15) is 35.4 Å². The van der Waals surface area contributed by atoms with Crippen LogP contribution in [-0.4, -0.2) is 142 Å². The highest BCUT2D eigenvalue weighted by atomic mass is 16.7. The second-order valence-electron chi connectivity index (χ2n) is 9.24. The van der Waals surface area contributed by atoms with Gasteiger partial charge in [0, 0.05) is 18.6 Å². The lowest BCUT2D eigenvalue weighted by Crippen LogP contribution is -2.68. The Labute approximate surface area is 205 Å². The molecule has 3 fully saturated rings. The van der Waals surface area contributed by atoms with Gasteiger partial charge in [-0.15, -0.1) is 0 Å². The van der Waals surface area contributed by atoms with Crippen molar-refractivity contribution in [3.63, 3.8) is 0 Å². The number of carbonyl (C=O) groups excluding carboxylic acids is 1. The number of rotatable bonds is 7. The van der Waals surface area contributed by atoms with E-state index in [4.69, 9.17) is 47.6 Å². The molecule has 1 amide bonds. The number of nitrogens with two attached hydrogens (primary N) is 5. The van der Waals surface area contributed by atoms with E-state index >= 15 is 0 Å². The summed E-state index contributed by atoms with van der Waals surface area (Å²) in [5.41, 5.74) is 28.6. The van der Waals surface area contributed by atoms with Crippen molar-refractivity contribution < 1.29 is 59.1 Å². The quantitative estimate of drug-likeness (QED) is 0.146. The average Bonchev–Trinajstić information content (AvgIpc) is 2.83. The monoisotopic (exact) mass is 527 g/mol. The van der Waals surface area contributed by atoms with Gasteiger partial charge in [0.2, 0.25) is 0 Å². The molecule has 0 aromatic carbocycles. The van der Waals surface area contributed by atoms with Gasteiger partial charge in [0.05, 0.1) is 6.04 Å². The van der Waals surface area contributed by atoms with Crippen LogP contribution in [0.15, 0.2) is 0 Å². The van der Waals surface area contributed by atoms with Gasteiger partial charge in [0.15, 0.2) is 12.6 Å². The third-order valence-electron chi connectivity index (χ3n) is 6.69. The highest BCUT2D eigenvalue weighted by molar-refractivity contribution is 5.64. The Kier molecular flexibility index (Phi) is 9.80. The molecule has 0 unspecified atom stereocenters. The van der Waals surface area contributed by atoms with Crippen LogP contribution in [0.4, 0.5) is 4.79 Å². The molecule has 1 aliphatic carbocycles. The van der Waals surface area contributed by atoms with Gasteiger partial charge in [0.25, 0.3) is 0 Å². The zero-order chi connectivity index (χ0) is 26.9. The van der Waals surface area contributed by atoms with Crippen molar-refractivity contribution in [1.29, 1.82) is 0 Å². The van der Waals surface area contributed by atoms with Crippen molar-refractivity contribution in [3.8, 4) is 0 Å². The molecule has 0 bridgehead atoms. The molecule has 16 N–H and O–H groups in total. The molecule has 15 atom stereocenters. The summed E-state index contributed by atoms with van der Waals surface area (Å²) < 4.78 is 27.0. The van der Waals surface area contributed by atoms with Crippen LogP contribution in [0.5, 0.6) is 0 Å². The van der Waals surface area contributed by atoms with Gasteiger partial charge in [-0.05, 0) is 6.42 Å². The third kappa shape index (κ3) is 6.05. The van der Waals surface area contributed by atoms with E-state index in [-0.39, 0.29) is 13.0 Å². The van der Waals surface area contributed by atoms with Crippen molar-refractivity contribution in [2.75, 3.05) is 13.2 Å². The highest BCUT2D eigenvalue weighted by Crippen LogP contribution is 2.31. The zero-order valence-corrected chi connectivity index (χ0v) is 19.3. The smallest absolute Gasteiger partial charge is 0.404 e. The first-order chi connectivity index (χ1) is 16.9. The molecule has 0 aromatic heterocycles. The summed E-state index contributed by atoms with van der Waals surface area (Å²) in [5.74, 6) is 0. The molecular weight excluding hydrogens is 490 g/mol. The summed E-state index contributed by atoms with van der Waals surface area (Å²) in [4.78, 5) is 10.9. The number of amides is 1. The summed E-state index contributed by atoms with van der Waals surface area (Å²) in [6.07, 6.45) is -18.2. The van der Waals surface area contributed by atoms with E-state index in [1.807, 2.05) is 0 Å². The van der Waals surface area contributed by atoms with Crippen molar-refractivity contribution in [3.05, 3.63) is 0 Å². The predicted molar refractivity (Wildman–Crippen MR) is 116 cm³/mol. The molecule has 2 heterocycles. The Bertz CT molecular complexity index is 739. The minimum absolute atomic E-state index is 0.0480. The minimum Gasteiger partial charge on any atom is -0.447 e. The Morgan fingerprint density at radius 3 is 1.81 bits per heavy atom. The summed E-state index contributed by atoms with van der Waals surface area (Å²) in [6.45, 7) is -0.676. The van der Waals surface area contributed by atoms with Gasteiger partial charge in [0.1, 0.15) is 67.6 Å². The SMILES string of the molecule is NC[C@H]1O[C@H](O[C@H]2[C@H](O)[C@@H](O[C@H]3O[C@H](COC(N)=O)[C@@H](O)[C@H](N)[C@H]3O)[C@H](N)C[C@@H]2N)[C@H](O)[C@@H](O)[C@@H]1O. The van der Waals surface area contributed by atoms with Crippen molar-refractivity contribution in [2.24, 2.45) is 28.7 Å². The van der Waals surface area contributed by atoms with Gasteiger partial charge in [-0.2, -0.15) is 0 Å². The van der Waals surface area contributed by atoms with Crippen LogP contribution in [-0.2, 0) is 23.7 Å². The van der Waals surface area contributed by atoms with Gasteiger partial charge in [-0.3, -0.25) is 0 Å². The minimum atomic E-state index is -1.69. The second kappa shape index (κ2) is 12.0. The number of hydrogen-bond acceptors (Lipinski definition) is 16. The standard InChI is InChI=1S/C19H37N5O12/c20-2-6-10(26)12(28)13(29)18(33-6)36-16-5(22)1-4(21)15(14(16)30)35-17-11(27)8(23)9(25)7(34-17)3-32-19(24)31/h4-18,25-30H,1-3,20-23H2,(H2,24,31)/t4-,5+,6-,7-,8+,9-,10-,11-,12+,13-,14-,15+,16-,17-,18-/m1/s1. The zero-order valence-electron chi connectivity index (χ0n) is 19.3. The van der Waals surface area contributed by atoms with Crippen LogP contribution >= 0.6 is 0 Å². The molecule has 1 saturated carbocycles. The summed E-state index contributed by atoms with van der Waals surface area (Å²) in [6, 6.07) is -3.03. The van der Waals surface area contributed by atoms with Gasteiger partial charge in [-0.1, -0.05) is 0 Å². The first-order valence-electron chi connectivity index (χ1n) is 11.5. The fourth-order valence-electron chi connectivity index (χ4n) is 4.55. The Morgan fingerprint density at radius 2 is 1.28 bits per heavy atom. The topological polar surface area (TPSA) is 315 Å². The molecule has 2 aliphatic heterocycles. The Hall–Kier alpha value is -1.29. The second-order valence-corrected chi connectivity index (χ2v) is 9.24. The fourth-order valence-corrected chi connectivity index (χ4v) is 4.55. The highest BCUT2D eigenvalue weighted by Gasteiger charge is 2.51. The first kappa shape index (κ1) is 29.3. The summed E-state index contributed by atoms with van der Waals surface area (Å²) in [7, 11) is 0. The van der Waals surface area contributed by atoms with Gasteiger partial charge >= 0.3 is 6.09 Å². The van der Waals surface area contributed by atoms with Crippen LogP contribution in [0.25, 0.3) is 0 Å². The van der Waals surface area contributed by atoms with E-state index in [1.54, 1.807) is 0 Å². The number of aliphatic hydroxyl groups is 6. The van der Waals surface area contributed by atoms with Gasteiger partial charge < -0.3 is 83.0 Å². The van der Waals surface area contributed by atoms with E-state index in [0.29, 0.717) is 0 Å². The number of ether oxygens (including phenoxy) is 5. The largest absolute Gasteiger partial charge is 0.447 e. The van der Waals surface area contributed by atoms with Crippen LogP contribution < -0.4 is 28.7 Å². The maximum Gasteiger partial charge on any atom is 0.404 e. The number of hydrogen-bond donors (Lipinski definition) is 11. The van der Waals surface area contributed by atoms with E-state index in [1.165, 1.54) is 0 Å². The van der Waals surface area contributed by atoms with Crippen molar-refractivity contribution in [2.45, 2.75) is 98.2 Å². The first-order valence-corrected chi connectivity index (χ1v) is 11.5. The molecule has 0 aromatic rings. The molecule has 2 saturated heterocycles. The molecule has 0 spiro atoms. The van der Waals surface area contributed by atoms with Crippen LogP contribution in [0.3, 0.4) is 0 Å². The van der Waals surface area contributed by atoms with E-state index in [0.717, 1.165) is 0 Å². The lowest BCUT2D eigenvalue weighted by Gasteiger charge is -2.48. The van der Waals surface area contributed by atoms with Crippen LogP contribution in [0, 0.1) is 0 Å². The Morgan fingerprint density at radius 1 is 0.750 bits per heavy atom. The maximum atomic E-state index is 11.0.